The molecule has 1 spiro atoms. The first-order chi connectivity index (χ1) is 21.9. The van der Waals surface area contributed by atoms with Crippen LogP contribution in [0.3, 0.4) is 0 Å². The molecule has 234 valence electrons. The zero-order valence-electron chi connectivity index (χ0n) is 25.7. The van der Waals surface area contributed by atoms with Crippen LogP contribution in [0.4, 0.5) is 5.95 Å². The molecule has 1 aliphatic carbocycles. The Morgan fingerprint density at radius 3 is 2.44 bits per heavy atom. The van der Waals surface area contributed by atoms with Gasteiger partial charge in [0, 0.05) is 43.5 Å². The van der Waals surface area contributed by atoms with E-state index in [1.165, 1.54) is 0 Å². The lowest BCUT2D eigenvalue weighted by Crippen LogP contribution is -2.45. The van der Waals surface area contributed by atoms with Crippen LogP contribution in [0.25, 0.3) is 22.5 Å². The number of ether oxygens (including phenoxy) is 2. The Bertz CT molecular complexity index is 1800. The van der Waals surface area contributed by atoms with Crippen LogP contribution in [-0.4, -0.2) is 52.1 Å². The maximum atomic E-state index is 14.4. The Morgan fingerprint density at radius 1 is 1.09 bits per heavy atom. The SMILES string of the molecule is C=C1COC2(CCC(n3c(NC=NC)nc(CCC)c(Cc4ccc(-c5ccccc5-c5noc(=O)[nH]5)cc4)c3=O)CC2)OC1. The van der Waals surface area contributed by atoms with Crippen LogP contribution in [0.5, 0.6) is 0 Å². The summed E-state index contributed by atoms with van der Waals surface area (Å²) in [7, 11) is 1.68. The highest BCUT2D eigenvalue weighted by atomic mass is 16.7. The molecule has 0 unspecified atom stereocenters. The average molecular weight is 611 g/mol. The summed E-state index contributed by atoms with van der Waals surface area (Å²) in [5.41, 5.74) is 6.01. The summed E-state index contributed by atoms with van der Waals surface area (Å²) in [6.45, 7) is 7.07. The Labute approximate surface area is 261 Å². The fourth-order valence-electron chi connectivity index (χ4n) is 6.23. The molecule has 0 atom stereocenters. The molecule has 1 saturated heterocycles. The molecular formula is C34H38N6O5. The number of hydrogen-bond acceptors (Lipinski definition) is 8. The van der Waals surface area contributed by atoms with E-state index in [1.807, 2.05) is 53.1 Å². The zero-order chi connectivity index (χ0) is 31.4. The number of aryl methyl sites for hydroxylation is 1. The molecule has 1 aliphatic heterocycles. The number of H-pyrrole nitrogens is 1. The number of rotatable bonds is 9. The predicted octanol–water partition coefficient (Wildman–Crippen LogP) is 5.28. The highest BCUT2D eigenvalue weighted by molar-refractivity contribution is 5.80. The minimum Gasteiger partial charge on any atom is -0.346 e. The summed E-state index contributed by atoms with van der Waals surface area (Å²) >= 11 is 0. The Kier molecular flexibility index (Phi) is 8.90. The molecule has 11 heteroatoms. The van der Waals surface area contributed by atoms with Crippen molar-refractivity contribution in [3.05, 3.63) is 98.4 Å². The minimum absolute atomic E-state index is 0.0373. The van der Waals surface area contributed by atoms with Crippen molar-refractivity contribution in [1.29, 1.82) is 0 Å². The summed E-state index contributed by atoms with van der Waals surface area (Å²) in [5, 5.41) is 7.03. The topological polar surface area (TPSA) is 137 Å². The van der Waals surface area contributed by atoms with Gasteiger partial charge in [-0.25, -0.2) is 9.78 Å². The van der Waals surface area contributed by atoms with Crippen LogP contribution in [0, 0.1) is 0 Å². The van der Waals surface area contributed by atoms with E-state index in [9.17, 15) is 9.59 Å². The van der Waals surface area contributed by atoms with Crippen LogP contribution < -0.4 is 16.6 Å². The molecule has 2 N–H and O–H groups in total. The van der Waals surface area contributed by atoms with E-state index < -0.39 is 11.5 Å². The molecule has 4 aromatic rings. The number of anilines is 1. The number of aromatic nitrogens is 4. The number of aromatic amines is 1. The van der Waals surface area contributed by atoms with Crippen LogP contribution in [-0.2, 0) is 22.3 Å². The van der Waals surface area contributed by atoms with Gasteiger partial charge in [0.15, 0.2) is 11.6 Å². The summed E-state index contributed by atoms with van der Waals surface area (Å²) in [4.78, 5) is 37.7. The third-order valence-electron chi connectivity index (χ3n) is 8.53. The molecule has 0 bridgehead atoms. The molecule has 2 aliphatic rings. The Morgan fingerprint density at radius 2 is 1.80 bits per heavy atom. The quantitative estimate of drug-likeness (QED) is 0.148. The van der Waals surface area contributed by atoms with Crippen molar-refractivity contribution in [3.63, 3.8) is 0 Å². The molecule has 2 aromatic carbocycles. The standard InChI is InChI=1S/C34H38N6O5/c1-4-7-29-28(18-23-10-12-24(13-11-23)26-8-5-6-9-27(26)30-38-33(42)45-39-30)31(41)40(32(37-29)36-21-35-3)25-14-16-34(17-15-25)43-19-22(2)20-44-34/h5-6,8-13,21,25H,2,4,7,14-20H2,1,3H3,(H,35,36,37)(H,38,39,42). The van der Waals surface area contributed by atoms with E-state index in [4.69, 9.17) is 19.0 Å². The van der Waals surface area contributed by atoms with Crippen LogP contribution in [0.15, 0.2) is 79.8 Å². The lowest BCUT2D eigenvalue weighted by atomic mass is 9.88. The number of nitrogens with one attached hydrogen (secondary N) is 2. The molecule has 3 heterocycles. The van der Waals surface area contributed by atoms with Gasteiger partial charge in [0.1, 0.15) is 0 Å². The van der Waals surface area contributed by atoms with Crippen molar-refractivity contribution >= 4 is 12.3 Å². The molecule has 6 rings (SSSR count). The average Bonchev–Trinajstić information content (AvgIpc) is 3.50. The molecule has 11 nitrogen and oxygen atoms in total. The van der Waals surface area contributed by atoms with Gasteiger partial charge in [-0.3, -0.25) is 23.9 Å². The first-order valence-electron chi connectivity index (χ1n) is 15.4. The van der Waals surface area contributed by atoms with Gasteiger partial charge >= 0.3 is 5.76 Å². The van der Waals surface area contributed by atoms with Gasteiger partial charge in [0.05, 0.1) is 25.2 Å². The monoisotopic (exact) mass is 610 g/mol. The van der Waals surface area contributed by atoms with Gasteiger partial charge in [-0.2, -0.15) is 0 Å². The number of benzene rings is 2. The largest absolute Gasteiger partial charge is 0.439 e. The second-order valence-corrected chi connectivity index (χ2v) is 11.6. The van der Waals surface area contributed by atoms with E-state index in [0.29, 0.717) is 56.2 Å². The van der Waals surface area contributed by atoms with Gasteiger partial charge in [0.25, 0.3) is 5.56 Å². The van der Waals surface area contributed by atoms with Crippen molar-refractivity contribution < 1.29 is 14.0 Å². The van der Waals surface area contributed by atoms with E-state index >= 15 is 0 Å². The fourth-order valence-corrected chi connectivity index (χ4v) is 6.23. The van der Waals surface area contributed by atoms with Crippen molar-refractivity contribution in [2.24, 2.45) is 4.99 Å². The van der Waals surface area contributed by atoms with Crippen molar-refractivity contribution in [1.82, 2.24) is 19.7 Å². The second-order valence-electron chi connectivity index (χ2n) is 11.6. The Hall–Kier alpha value is -4.61. The van der Waals surface area contributed by atoms with Gasteiger partial charge < -0.3 is 14.8 Å². The van der Waals surface area contributed by atoms with Crippen LogP contribution in [0.2, 0.25) is 0 Å². The molecule has 0 radical (unpaired) electrons. The van der Waals surface area contributed by atoms with E-state index in [-0.39, 0.29) is 11.6 Å². The number of aliphatic imine (C=N–C) groups is 1. The van der Waals surface area contributed by atoms with E-state index in [1.54, 1.807) is 13.4 Å². The lowest BCUT2D eigenvalue weighted by molar-refractivity contribution is -0.266. The number of nitrogens with zero attached hydrogens (tertiary/aromatic N) is 4. The van der Waals surface area contributed by atoms with Crippen molar-refractivity contribution in [2.75, 3.05) is 25.6 Å². The summed E-state index contributed by atoms with van der Waals surface area (Å²) in [6, 6.07) is 15.7. The summed E-state index contributed by atoms with van der Waals surface area (Å²) in [6.07, 6.45) is 6.40. The first-order valence-corrected chi connectivity index (χ1v) is 15.4. The maximum absolute atomic E-state index is 14.4. The third-order valence-corrected chi connectivity index (χ3v) is 8.53. The fraction of sp³-hybridized carbons (Fsp3) is 0.382. The van der Waals surface area contributed by atoms with Gasteiger partial charge in [0.2, 0.25) is 5.95 Å². The van der Waals surface area contributed by atoms with Crippen molar-refractivity contribution in [3.8, 4) is 22.5 Å². The van der Waals surface area contributed by atoms with Crippen molar-refractivity contribution in [2.45, 2.75) is 63.7 Å². The minimum atomic E-state index is -0.610. The van der Waals surface area contributed by atoms with Crippen LogP contribution in [0.1, 0.15) is 61.9 Å². The highest BCUT2D eigenvalue weighted by Gasteiger charge is 2.41. The maximum Gasteiger partial charge on any atom is 0.439 e. The Balaban J connectivity index is 1.31. The molecular weight excluding hydrogens is 572 g/mol. The summed E-state index contributed by atoms with van der Waals surface area (Å²) < 4.78 is 18.7. The third kappa shape index (κ3) is 6.45. The molecule has 2 fully saturated rings. The first kappa shape index (κ1) is 30.4. The molecule has 45 heavy (non-hydrogen) atoms. The second kappa shape index (κ2) is 13.2. The lowest BCUT2D eigenvalue weighted by Gasteiger charge is -2.43. The van der Waals surface area contributed by atoms with Gasteiger partial charge in [-0.15, -0.1) is 0 Å². The molecule has 2 aromatic heterocycles. The molecule has 0 amide bonds. The van der Waals surface area contributed by atoms with Gasteiger partial charge in [-0.1, -0.05) is 73.6 Å². The van der Waals surface area contributed by atoms with Gasteiger partial charge in [-0.05, 0) is 41.5 Å². The number of hydrogen-bond donors (Lipinski definition) is 2. The zero-order valence-corrected chi connectivity index (χ0v) is 25.7. The molecule has 1 saturated carbocycles. The van der Waals surface area contributed by atoms with Crippen LogP contribution >= 0.6 is 0 Å². The highest BCUT2D eigenvalue weighted by Crippen LogP contribution is 2.40. The predicted molar refractivity (Wildman–Crippen MR) is 173 cm³/mol. The normalized spacial score (nSPS) is 16.9. The summed E-state index contributed by atoms with van der Waals surface area (Å²) in [5.74, 6) is -0.328. The smallest absolute Gasteiger partial charge is 0.346 e. The van der Waals surface area contributed by atoms with E-state index in [2.05, 4.69) is 34.0 Å². The van der Waals surface area contributed by atoms with E-state index in [0.717, 1.165) is 52.8 Å².